The molecule has 28 heavy (non-hydrogen) atoms. The maximum Gasteiger partial charge on any atom is 0.147 e. The predicted molar refractivity (Wildman–Crippen MR) is 112 cm³/mol. The lowest BCUT2D eigenvalue weighted by atomic mass is 10.0. The average Bonchev–Trinajstić information content (AvgIpc) is 3.32. The van der Waals surface area contributed by atoms with E-state index in [1.54, 1.807) is 0 Å². The van der Waals surface area contributed by atoms with E-state index in [1.165, 1.54) is 27.8 Å². The number of hydrogen-bond acceptors (Lipinski definition) is 3. The largest absolute Gasteiger partial charge is 0.275 e. The topological polar surface area (TPSA) is 43.1 Å². The summed E-state index contributed by atoms with van der Waals surface area (Å²) in [5.74, 6) is 0. The molecule has 7 rings (SSSR count). The third kappa shape index (κ3) is 1.63. The Bertz CT molecular complexity index is 1590. The van der Waals surface area contributed by atoms with Gasteiger partial charge in [-0.2, -0.15) is 0 Å². The maximum atomic E-state index is 5.03. The Morgan fingerprint density at radius 1 is 0.750 bits per heavy atom. The highest BCUT2D eigenvalue weighted by molar-refractivity contribution is 6.13. The zero-order valence-corrected chi connectivity index (χ0v) is 14.9. The summed E-state index contributed by atoms with van der Waals surface area (Å²) in [6.45, 7) is 0. The molecule has 0 bridgehead atoms. The van der Waals surface area contributed by atoms with Crippen molar-refractivity contribution >= 4 is 38.5 Å². The molecule has 4 aromatic heterocycles. The van der Waals surface area contributed by atoms with Gasteiger partial charge in [-0.1, -0.05) is 30.3 Å². The lowest BCUT2D eigenvalue weighted by molar-refractivity contribution is 1.20. The zero-order valence-electron chi connectivity index (χ0n) is 14.9. The van der Waals surface area contributed by atoms with Crippen LogP contribution in [-0.4, -0.2) is 19.4 Å². The van der Waals surface area contributed by atoms with Crippen molar-refractivity contribution < 1.29 is 0 Å². The van der Waals surface area contributed by atoms with Gasteiger partial charge in [0.1, 0.15) is 11.3 Å². The van der Waals surface area contributed by atoms with Gasteiger partial charge in [0.05, 0.1) is 11.0 Å². The molecule has 130 valence electrons. The van der Waals surface area contributed by atoms with Crippen LogP contribution in [0.2, 0.25) is 0 Å². The van der Waals surface area contributed by atoms with Crippen LogP contribution in [0.5, 0.6) is 0 Å². The van der Waals surface area contributed by atoms with E-state index >= 15 is 0 Å². The van der Waals surface area contributed by atoms with Gasteiger partial charge in [-0.15, -0.1) is 0 Å². The van der Waals surface area contributed by atoms with Crippen molar-refractivity contribution in [3.63, 3.8) is 0 Å². The Morgan fingerprint density at radius 2 is 1.68 bits per heavy atom. The normalized spacial score (nSPS) is 12.9. The second-order valence-corrected chi connectivity index (χ2v) is 7.36. The van der Waals surface area contributed by atoms with E-state index in [-0.39, 0.29) is 0 Å². The number of fused-ring (bicyclic) bond motifs is 12. The average molecular weight is 358 g/mol. The van der Waals surface area contributed by atoms with Crippen LogP contribution in [0.4, 0.5) is 0 Å². The Kier molecular flexibility index (Phi) is 2.51. The monoisotopic (exact) mass is 358 g/mol. The van der Waals surface area contributed by atoms with Crippen molar-refractivity contribution in [3.05, 3.63) is 84.3 Å². The van der Waals surface area contributed by atoms with Gasteiger partial charge in [0.25, 0.3) is 0 Å². The summed E-state index contributed by atoms with van der Waals surface area (Å²) in [5, 5.41) is 3.30. The molecule has 0 atom stereocenters. The van der Waals surface area contributed by atoms with Crippen molar-refractivity contribution in [2.24, 2.45) is 0 Å². The fourth-order valence-electron chi connectivity index (χ4n) is 4.77. The zero-order chi connectivity index (χ0) is 18.2. The molecule has 6 aromatic rings. The summed E-state index contributed by atoms with van der Waals surface area (Å²) in [5.41, 5.74) is 9.43. The van der Waals surface area contributed by atoms with Crippen molar-refractivity contribution in [3.8, 4) is 11.1 Å². The van der Waals surface area contributed by atoms with Crippen LogP contribution >= 0.6 is 0 Å². The molecule has 0 saturated carbocycles. The Balaban J connectivity index is 1.76. The second-order valence-electron chi connectivity index (χ2n) is 7.36. The summed E-state index contributed by atoms with van der Waals surface area (Å²) < 4.78 is 2.25. The minimum atomic E-state index is 0.930. The number of pyridine rings is 3. The third-order valence-corrected chi connectivity index (χ3v) is 5.95. The molecular formula is C24H14N4. The number of nitrogens with zero attached hydrogens (tertiary/aromatic N) is 4. The van der Waals surface area contributed by atoms with E-state index < -0.39 is 0 Å². The lowest BCUT2D eigenvalue weighted by Crippen LogP contribution is -1.96. The molecule has 2 aromatic carbocycles. The highest BCUT2D eigenvalue weighted by Crippen LogP contribution is 2.41. The first-order valence-electron chi connectivity index (χ1n) is 9.43. The first kappa shape index (κ1) is 14.3. The van der Waals surface area contributed by atoms with Crippen LogP contribution in [0, 0.1) is 0 Å². The minimum absolute atomic E-state index is 0.930. The molecule has 4 heteroatoms. The fraction of sp³-hybridized carbons (Fsp3) is 0.0417. The first-order chi connectivity index (χ1) is 13.9. The van der Waals surface area contributed by atoms with Crippen LogP contribution < -0.4 is 0 Å². The Labute approximate surface area is 160 Å². The molecule has 0 spiro atoms. The van der Waals surface area contributed by atoms with E-state index in [2.05, 4.69) is 57.9 Å². The SMILES string of the molecule is c1ccc2c(c1)Cc1c-2ccc2nc3c4ccncc4c4cccnc4n3c12. The van der Waals surface area contributed by atoms with E-state index in [0.717, 1.165) is 39.4 Å². The molecule has 0 saturated heterocycles. The first-order valence-corrected chi connectivity index (χ1v) is 9.43. The Hall–Kier alpha value is -3.79. The molecule has 0 N–H and O–H groups in total. The Morgan fingerprint density at radius 3 is 2.68 bits per heavy atom. The lowest BCUT2D eigenvalue weighted by Gasteiger charge is -2.09. The summed E-state index contributed by atoms with van der Waals surface area (Å²) in [6, 6.07) is 19.2. The number of rotatable bonds is 0. The van der Waals surface area contributed by atoms with Gasteiger partial charge in [-0.05, 0) is 46.5 Å². The van der Waals surface area contributed by atoms with Crippen molar-refractivity contribution in [1.29, 1.82) is 0 Å². The molecular weight excluding hydrogens is 344 g/mol. The molecule has 0 unspecified atom stereocenters. The summed E-state index contributed by atoms with van der Waals surface area (Å²) in [4.78, 5) is 14.1. The summed E-state index contributed by atoms with van der Waals surface area (Å²) in [6.07, 6.45) is 6.54. The van der Waals surface area contributed by atoms with Crippen LogP contribution in [0.25, 0.3) is 49.6 Å². The quantitative estimate of drug-likeness (QED) is 0.352. The molecule has 0 amide bonds. The van der Waals surface area contributed by atoms with Crippen LogP contribution in [-0.2, 0) is 6.42 Å². The molecule has 4 heterocycles. The smallest absolute Gasteiger partial charge is 0.147 e. The molecule has 1 aliphatic carbocycles. The van der Waals surface area contributed by atoms with E-state index in [4.69, 9.17) is 9.97 Å². The van der Waals surface area contributed by atoms with Crippen molar-refractivity contribution in [1.82, 2.24) is 19.4 Å². The molecule has 4 nitrogen and oxygen atoms in total. The summed E-state index contributed by atoms with van der Waals surface area (Å²) >= 11 is 0. The number of imidazole rings is 1. The van der Waals surface area contributed by atoms with Crippen LogP contribution in [0.3, 0.4) is 0 Å². The van der Waals surface area contributed by atoms with Crippen LogP contribution in [0.1, 0.15) is 11.1 Å². The second kappa shape index (κ2) is 4.93. The molecule has 0 aliphatic heterocycles. The van der Waals surface area contributed by atoms with Crippen molar-refractivity contribution in [2.45, 2.75) is 6.42 Å². The fourth-order valence-corrected chi connectivity index (χ4v) is 4.77. The van der Waals surface area contributed by atoms with Gasteiger partial charge in [0.2, 0.25) is 0 Å². The van der Waals surface area contributed by atoms with Gasteiger partial charge in [0, 0.05) is 41.2 Å². The van der Waals surface area contributed by atoms with E-state index in [0.29, 0.717) is 0 Å². The standard InChI is InChI=1S/C24H14N4/c1-2-5-15-14(4-1)12-19-16(15)7-8-21-22(19)28-23-17(6-3-10-26-23)20-13-25-11-9-18(20)24(28)27-21/h1-11,13H,12H2. The van der Waals surface area contributed by atoms with E-state index in [1.807, 2.05) is 24.7 Å². The number of aromatic nitrogens is 4. The number of hydrogen-bond donors (Lipinski definition) is 0. The molecule has 0 fully saturated rings. The molecule has 0 radical (unpaired) electrons. The van der Waals surface area contributed by atoms with Gasteiger partial charge >= 0.3 is 0 Å². The third-order valence-electron chi connectivity index (χ3n) is 5.95. The highest BCUT2D eigenvalue weighted by atomic mass is 15.1. The van der Waals surface area contributed by atoms with E-state index in [9.17, 15) is 0 Å². The number of benzene rings is 2. The van der Waals surface area contributed by atoms with Gasteiger partial charge in [-0.3, -0.25) is 9.38 Å². The predicted octanol–water partition coefficient (Wildman–Crippen LogP) is 5.16. The van der Waals surface area contributed by atoms with Gasteiger partial charge in [-0.25, -0.2) is 9.97 Å². The van der Waals surface area contributed by atoms with Crippen molar-refractivity contribution in [2.75, 3.05) is 0 Å². The minimum Gasteiger partial charge on any atom is -0.275 e. The maximum absolute atomic E-state index is 5.03. The summed E-state index contributed by atoms with van der Waals surface area (Å²) in [7, 11) is 0. The van der Waals surface area contributed by atoms with Crippen LogP contribution in [0.15, 0.2) is 73.2 Å². The van der Waals surface area contributed by atoms with Gasteiger partial charge < -0.3 is 0 Å². The molecule has 1 aliphatic rings. The highest BCUT2D eigenvalue weighted by Gasteiger charge is 2.24. The van der Waals surface area contributed by atoms with Gasteiger partial charge in [0.15, 0.2) is 0 Å².